The van der Waals surface area contributed by atoms with Crippen LogP contribution in [-0.2, 0) is 13.1 Å². The van der Waals surface area contributed by atoms with E-state index in [1.807, 2.05) is 24.3 Å². The van der Waals surface area contributed by atoms with Gasteiger partial charge in [0.05, 0.1) is 10.7 Å². The van der Waals surface area contributed by atoms with E-state index in [9.17, 15) is 0 Å². The third kappa shape index (κ3) is 1.92. The second-order valence-electron chi connectivity index (χ2n) is 4.44. The van der Waals surface area contributed by atoms with Crippen molar-refractivity contribution in [1.82, 2.24) is 0 Å². The van der Waals surface area contributed by atoms with Gasteiger partial charge in [0.15, 0.2) is 0 Å². The van der Waals surface area contributed by atoms with Crippen molar-refractivity contribution in [3.05, 3.63) is 57.6 Å². The number of benzene rings is 2. The molecule has 0 fully saturated rings. The highest BCUT2D eigenvalue weighted by molar-refractivity contribution is 6.35. The van der Waals surface area contributed by atoms with Gasteiger partial charge in [0.25, 0.3) is 0 Å². The quantitative estimate of drug-likeness (QED) is 0.796. The molecule has 0 unspecified atom stereocenters. The maximum atomic E-state index is 6.23. The Balaban J connectivity index is 1.99. The monoisotopic (exact) mass is 278 g/mol. The summed E-state index contributed by atoms with van der Waals surface area (Å²) in [6.07, 6.45) is 0. The molecule has 2 N–H and O–H groups in total. The van der Waals surface area contributed by atoms with Crippen molar-refractivity contribution >= 4 is 34.6 Å². The van der Waals surface area contributed by atoms with Gasteiger partial charge in [-0.15, -0.1) is 0 Å². The molecule has 0 amide bonds. The lowest BCUT2D eigenvalue weighted by atomic mass is 10.1. The zero-order chi connectivity index (χ0) is 12.7. The number of rotatable bonds is 1. The molecule has 1 aliphatic heterocycles. The summed E-state index contributed by atoms with van der Waals surface area (Å²) < 4.78 is 0. The van der Waals surface area contributed by atoms with Crippen LogP contribution in [0.3, 0.4) is 0 Å². The second-order valence-corrected chi connectivity index (χ2v) is 5.28. The first-order valence-corrected chi connectivity index (χ1v) is 6.47. The van der Waals surface area contributed by atoms with Crippen molar-refractivity contribution in [3.63, 3.8) is 0 Å². The van der Waals surface area contributed by atoms with Crippen LogP contribution >= 0.6 is 23.2 Å². The van der Waals surface area contributed by atoms with Gasteiger partial charge < -0.3 is 10.6 Å². The minimum Gasteiger partial charge on any atom is -0.398 e. The van der Waals surface area contributed by atoms with Gasteiger partial charge in [-0.3, -0.25) is 0 Å². The van der Waals surface area contributed by atoms with E-state index in [-0.39, 0.29) is 0 Å². The van der Waals surface area contributed by atoms with Crippen LogP contribution in [0.15, 0.2) is 36.4 Å². The molecule has 0 saturated heterocycles. The summed E-state index contributed by atoms with van der Waals surface area (Å²) in [5.74, 6) is 0. The fourth-order valence-corrected chi connectivity index (χ4v) is 2.75. The maximum absolute atomic E-state index is 6.23. The molecule has 0 spiro atoms. The van der Waals surface area contributed by atoms with E-state index in [2.05, 4.69) is 11.0 Å². The molecule has 3 rings (SSSR count). The first-order chi connectivity index (χ1) is 8.65. The van der Waals surface area contributed by atoms with Gasteiger partial charge in [-0.05, 0) is 35.4 Å². The summed E-state index contributed by atoms with van der Waals surface area (Å²) in [6.45, 7) is 1.60. The highest BCUT2D eigenvalue weighted by atomic mass is 35.5. The van der Waals surface area contributed by atoms with Gasteiger partial charge in [-0.1, -0.05) is 35.3 Å². The van der Waals surface area contributed by atoms with Gasteiger partial charge in [-0.2, -0.15) is 0 Å². The van der Waals surface area contributed by atoms with Gasteiger partial charge in [0.2, 0.25) is 0 Å². The zero-order valence-corrected chi connectivity index (χ0v) is 11.2. The Labute approximate surface area is 116 Å². The SMILES string of the molecule is Nc1cccc2c1CN(c1cc(Cl)ccc1Cl)C2. The summed E-state index contributed by atoms with van der Waals surface area (Å²) in [5.41, 5.74) is 10.2. The molecule has 18 heavy (non-hydrogen) atoms. The first-order valence-electron chi connectivity index (χ1n) is 5.71. The molecule has 0 radical (unpaired) electrons. The molecule has 0 aliphatic carbocycles. The Morgan fingerprint density at radius 2 is 1.89 bits per heavy atom. The average molecular weight is 279 g/mol. The molecule has 0 saturated carbocycles. The molecule has 2 aromatic rings. The van der Waals surface area contributed by atoms with E-state index in [0.29, 0.717) is 10.0 Å². The molecule has 92 valence electrons. The number of anilines is 2. The van der Waals surface area contributed by atoms with E-state index < -0.39 is 0 Å². The highest BCUT2D eigenvalue weighted by Gasteiger charge is 2.22. The molecular weight excluding hydrogens is 267 g/mol. The summed E-state index contributed by atoms with van der Waals surface area (Å²) in [7, 11) is 0. The largest absolute Gasteiger partial charge is 0.398 e. The van der Waals surface area contributed by atoms with Crippen molar-refractivity contribution in [3.8, 4) is 0 Å². The normalized spacial score (nSPS) is 13.8. The first kappa shape index (κ1) is 11.7. The fraction of sp³-hybridized carbons (Fsp3) is 0.143. The van der Waals surface area contributed by atoms with E-state index in [1.54, 1.807) is 6.07 Å². The number of nitrogen functional groups attached to an aromatic ring is 1. The van der Waals surface area contributed by atoms with Crippen molar-refractivity contribution in [1.29, 1.82) is 0 Å². The van der Waals surface area contributed by atoms with Crippen LogP contribution in [0.1, 0.15) is 11.1 Å². The van der Waals surface area contributed by atoms with E-state index in [4.69, 9.17) is 28.9 Å². The molecule has 4 heteroatoms. The van der Waals surface area contributed by atoms with Crippen molar-refractivity contribution in [2.24, 2.45) is 0 Å². The third-order valence-electron chi connectivity index (χ3n) is 3.27. The lowest BCUT2D eigenvalue weighted by molar-refractivity contribution is 0.881. The topological polar surface area (TPSA) is 29.3 Å². The minimum absolute atomic E-state index is 0.693. The molecule has 0 aromatic heterocycles. The minimum atomic E-state index is 0.693. The predicted octanol–water partition coefficient (Wildman–Crippen LogP) is 4.10. The number of nitrogens with two attached hydrogens (primary N) is 1. The number of hydrogen-bond donors (Lipinski definition) is 1. The van der Waals surface area contributed by atoms with Crippen molar-refractivity contribution < 1.29 is 0 Å². The van der Waals surface area contributed by atoms with Crippen LogP contribution in [-0.4, -0.2) is 0 Å². The standard InChI is InChI=1S/C14H12Cl2N2/c15-10-4-5-12(16)14(6-10)18-7-9-2-1-3-13(17)11(9)8-18/h1-6H,7-8,17H2. The van der Waals surface area contributed by atoms with E-state index in [0.717, 1.165) is 24.5 Å². The molecule has 2 nitrogen and oxygen atoms in total. The van der Waals surface area contributed by atoms with Crippen LogP contribution in [0, 0.1) is 0 Å². The lowest BCUT2D eigenvalue weighted by Gasteiger charge is -2.19. The summed E-state index contributed by atoms with van der Waals surface area (Å²) in [4.78, 5) is 2.19. The average Bonchev–Trinajstić information content (AvgIpc) is 2.77. The van der Waals surface area contributed by atoms with Gasteiger partial charge >= 0.3 is 0 Å². The fourth-order valence-electron chi connectivity index (χ4n) is 2.35. The number of hydrogen-bond acceptors (Lipinski definition) is 2. The lowest BCUT2D eigenvalue weighted by Crippen LogP contribution is -2.15. The van der Waals surface area contributed by atoms with E-state index >= 15 is 0 Å². The summed E-state index contributed by atoms with van der Waals surface area (Å²) in [6, 6.07) is 11.5. The molecule has 1 heterocycles. The van der Waals surface area contributed by atoms with Crippen molar-refractivity contribution in [2.45, 2.75) is 13.1 Å². The second kappa shape index (κ2) is 4.38. The Kier molecular flexibility index (Phi) is 2.84. The Morgan fingerprint density at radius 1 is 1.06 bits per heavy atom. The Hall–Kier alpha value is -1.38. The summed E-state index contributed by atoms with van der Waals surface area (Å²) >= 11 is 12.3. The highest BCUT2D eigenvalue weighted by Crippen LogP contribution is 2.36. The summed E-state index contributed by atoms with van der Waals surface area (Å²) in [5, 5.41) is 1.41. The van der Waals surface area contributed by atoms with Crippen LogP contribution in [0.25, 0.3) is 0 Å². The van der Waals surface area contributed by atoms with E-state index in [1.165, 1.54) is 11.1 Å². The molecule has 0 atom stereocenters. The Bertz CT molecular complexity index is 611. The van der Waals surface area contributed by atoms with Crippen LogP contribution in [0.5, 0.6) is 0 Å². The zero-order valence-electron chi connectivity index (χ0n) is 9.66. The molecule has 2 aromatic carbocycles. The van der Waals surface area contributed by atoms with Gasteiger partial charge in [0.1, 0.15) is 0 Å². The van der Waals surface area contributed by atoms with Crippen molar-refractivity contribution in [2.75, 3.05) is 10.6 Å². The smallest absolute Gasteiger partial charge is 0.0640 e. The van der Waals surface area contributed by atoms with Crippen LogP contribution < -0.4 is 10.6 Å². The molecule has 0 bridgehead atoms. The number of nitrogens with zero attached hydrogens (tertiary/aromatic N) is 1. The molecular formula is C14H12Cl2N2. The van der Waals surface area contributed by atoms with Crippen LogP contribution in [0.4, 0.5) is 11.4 Å². The third-order valence-corrected chi connectivity index (χ3v) is 3.82. The van der Waals surface area contributed by atoms with Gasteiger partial charge in [0, 0.05) is 23.8 Å². The predicted molar refractivity (Wildman–Crippen MR) is 77.2 cm³/mol. The number of halogens is 2. The maximum Gasteiger partial charge on any atom is 0.0640 e. The Morgan fingerprint density at radius 3 is 2.67 bits per heavy atom. The number of fused-ring (bicyclic) bond motifs is 1. The molecule has 1 aliphatic rings. The van der Waals surface area contributed by atoms with Crippen LogP contribution in [0.2, 0.25) is 10.0 Å². The van der Waals surface area contributed by atoms with Gasteiger partial charge in [-0.25, -0.2) is 0 Å².